The number of benzene rings is 2. The van der Waals surface area contributed by atoms with Crippen LogP contribution in [-0.4, -0.2) is 49.0 Å². The van der Waals surface area contributed by atoms with E-state index in [-0.39, 0.29) is 11.3 Å². The van der Waals surface area contributed by atoms with Crippen LogP contribution in [0.25, 0.3) is 0 Å². The number of thiocarbonyl (C=S) groups is 2. The van der Waals surface area contributed by atoms with E-state index in [9.17, 15) is 16.8 Å². The molecule has 0 heterocycles. The predicted molar refractivity (Wildman–Crippen MR) is 120 cm³/mol. The van der Waals surface area contributed by atoms with Gasteiger partial charge in [0.15, 0.2) is 6.10 Å². The Hall–Kier alpha value is -2.42. The summed E-state index contributed by atoms with van der Waals surface area (Å²) in [6.45, 7) is -1.02. The summed E-state index contributed by atoms with van der Waals surface area (Å²) in [6, 6.07) is 11.9. The minimum atomic E-state index is -5.08. The van der Waals surface area contributed by atoms with Crippen molar-refractivity contribution in [2.24, 2.45) is 9.98 Å². The third-order valence-electron chi connectivity index (χ3n) is 3.63. The zero-order valence-electron chi connectivity index (χ0n) is 15.8. The zero-order chi connectivity index (χ0) is 23.8. The van der Waals surface area contributed by atoms with Crippen LogP contribution in [0.15, 0.2) is 58.5 Å². The number of rotatable bonds is 11. The molecule has 0 fully saturated rings. The van der Waals surface area contributed by atoms with E-state index in [1.807, 2.05) is 0 Å². The molecule has 0 aliphatic carbocycles. The Morgan fingerprint density at radius 3 is 1.78 bits per heavy atom. The van der Waals surface area contributed by atoms with Gasteiger partial charge in [0, 0.05) is 0 Å². The van der Waals surface area contributed by atoms with Crippen LogP contribution in [0, 0.1) is 0 Å². The van der Waals surface area contributed by atoms with Crippen LogP contribution in [-0.2, 0) is 29.2 Å². The zero-order valence-corrected chi connectivity index (χ0v) is 19.0. The number of hydrogen-bond donors (Lipinski definition) is 2. The van der Waals surface area contributed by atoms with Crippen molar-refractivity contribution in [3.05, 3.63) is 54.1 Å². The fourth-order valence-electron chi connectivity index (χ4n) is 2.42. The van der Waals surface area contributed by atoms with E-state index in [0.29, 0.717) is 11.4 Å². The lowest BCUT2D eigenvalue weighted by Crippen LogP contribution is -2.34. The second-order valence-electron chi connectivity index (χ2n) is 5.80. The maximum atomic E-state index is 11.4. The Kier molecular flexibility index (Phi) is 9.24. The van der Waals surface area contributed by atoms with Crippen molar-refractivity contribution in [1.29, 1.82) is 0 Å². The Labute approximate surface area is 194 Å². The van der Waals surface area contributed by atoms with Crippen LogP contribution >= 0.6 is 24.4 Å². The fourth-order valence-corrected chi connectivity index (χ4v) is 3.41. The summed E-state index contributed by atoms with van der Waals surface area (Å²) in [4.78, 5) is 7.57. The number of hydrogen-bond acceptors (Lipinski definition) is 11. The highest BCUT2D eigenvalue weighted by molar-refractivity contribution is 7.81. The van der Waals surface area contributed by atoms with Gasteiger partial charge in [0.25, 0.3) is 0 Å². The van der Waals surface area contributed by atoms with Gasteiger partial charge in [-0.15, -0.1) is 0 Å². The molecule has 0 saturated carbocycles. The molecule has 32 heavy (non-hydrogen) atoms. The normalized spacial score (nSPS) is 13.3. The van der Waals surface area contributed by atoms with Crippen LogP contribution in [0.5, 0.6) is 5.75 Å². The molecule has 2 aromatic carbocycles. The van der Waals surface area contributed by atoms with Gasteiger partial charge in [-0.2, -0.15) is 26.8 Å². The molecule has 0 saturated heterocycles. The average Bonchev–Trinajstić information content (AvgIpc) is 2.70. The highest BCUT2D eigenvalue weighted by atomic mass is 32.3. The monoisotopic (exact) mass is 518 g/mol. The van der Waals surface area contributed by atoms with E-state index in [4.69, 9.17) is 13.8 Å². The van der Waals surface area contributed by atoms with Crippen LogP contribution in [0.4, 0.5) is 11.4 Å². The van der Waals surface area contributed by atoms with Crippen molar-refractivity contribution in [2.45, 2.75) is 12.2 Å². The summed E-state index contributed by atoms with van der Waals surface area (Å²) in [5.74, 6) is 0.190. The van der Waals surface area contributed by atoms with Gasteiger partial charge in [-0.3, -0.25) is 9.11 Å². The maximum absolute atomic E-state index is 11.4. The lowest BCUT2D eigenvalue weighted by molar-refractivity contribution is 0.0175. The van der Waals surface area contributed by atoms with Crippen LogP contribution in [0.2, 0.25) is 0 Å². The molecule has 0 radical (unpaired) electrons. The second-order valence-corrected chi connectivity index (χ2v) is 8.31. The van der Waals surface area contributed by atoms with Crippen molar-refractivity contribution >= 4 is 66.9 Å². The lowest BCUT2D eigenvalue weighted by atomic mass is 10.0. The van der Waals surface area contributed by atoms with Crippen LogP contribution < -0.4 is 4.74 Å². The van der Waals surface area contributed by atoms with Gasteiger partial charge in [0.1, 0.15) is 18.5 Å². The standard InChI is InChI=1S/C17H14N2O9S4/c20-31(21,22)26-9-16(28-32(23,24)25)17(12-1-3-13(4-2-12)18-10-29)27-15-7-5-14(6-8-15)19-11-30/h1-8,16-17H,9H2,(H,20,21,22)(H,23,24,25)/t16-,17+/m0/s1. The number of nitrogens with zero attached hydrogens (tertiary/aromatic N) is 2. The molecule has 2 rings (SSSR count). The second kappa shape index (κ2) is 11.4. The third kappa shape index (κ3) is 8.98. The Bertz CT molecular complexity index is 1230. The molecule has 2 aromatic rings. The summed E-state index contributed by atoms with van der Waals surface area (Å²) < 4.78 is 77.4. The maximum Gasteiger partial charge on any atom is 0.397 e. The summed E-state index contributed by atoms with van der Waals surface area (Å²) in [6.07, 6.45) is -3.09. The largest absolute Gasteiger partial charge is 0.483 e. The first kappa shape index (κ1) is 25.8. The van der Waals surface area contributed by atoms with Crippen molar-refractivity contribution in [2.75, 3.05) is 6.61 Å². The lowest BCUT2D eigenvalue weighted by Gasteiger charge is -2.26. The molecule has 11 nitrogen and oxygen atoms in total. The van der Waals surface area contributed by atoms with Gasteiger partial charge in [0.05, 0.1) is 21.7 Å². The summed E-state index contributed by atoms with van der Waals surface area (Å²) >= 11 is 9.06. The molecule has 2 N–H and O–H groups in total. The van der Waals surface area contributed by atoms with Crippen LogP contribution in [0.1, 0.15) is 11.7 Å². The van der Waals surface area contributed by atoms with Crippen LogP contribution in [0.3, 0.4) is 0 Å². The van der Waals surface area contributed by atoms with E-state index in [1.54, 1.807) is 0 Å². The van der Waals surface area contributed by atoms with E-state index in [2.05, 4.69) is 53.1 Å². The SMILES string of the molecule is O=S(=O)(O)OC[C@H](OS(=O)(=O)O)[C@H](Oc1ccc(N=C=S)cc1)c1ccc(N=C=S)cc1. The molecule has 2 atom stereocenters. The molecule has 0 unspecified atom stereocenters. The molecule has 0 spiro atoms. The van der Waals surface area contributed by atoms with Gasteiger partial charge in [-0.05, 0) is 66.4 Å². The first-order valence-corrected chi connectivity index (χ1v) is 11.9. The summed E-state index contributed by atoms with van der Waals surface area (Å²) in [5.41, 5.74) is 1.17. The fraction of sp³-hybridized carbons (Fsp3) is 0.176. The smallest absolute Gasteiger partial charge is 0.397 e. The molecule has 0 aromatic heterocycles. The Morgan fingerprint density at radius 1 is 0.844 bits per heavy atom. The molecule has 0 bridgehead atoms. The molecular weight excluding hydrogens is 504 g/mol. The molecule has 170 valence electrons. The van der Waals surface area contributed by atoms with Crippen molar-refractivity contribution in [3.8, 4) is 5.75 Å². The molecule has 0 aliphatic rings. The topological polar surface area (TPSA) is 161 Å². The third-order valence-corrected chi connectivity index (χ3v) is 4.74. The van der Waals surface area contributed by atoms with Gasteiger partial charge >= 0.3 is 20.8 Å². The molecule has 15 heteroatoms. The number of isothiocyanates is 2. The first-order valence-electron chi connectivity index (χ1n) is 8.31. The Balaban J connectivity index is 2.48. The highest BCUT2D eigenvalue weighted by Crippen LogP contribution is 2.30. The van der Waals surface area contributed by atoms with Crippen molar-refractivity contribution < 1.29 is 39.0 Å². The molecule has 0 amide bonds. The first-order chi connectivity index (χ1) is 15.0. The van der Waals surface area contributed by atoms with E-state index < -0.39 is 39.6 Å². The van der Waals surface area contributed by atoms with Crippen molar-refractivity contribution in [3.63, 3.8) is 0 Å². The van der Waals surface area contributed by atoms with Gasteiger partial charge in [-0.1, -0.05) is 12.1 Å². The van der Waals surface area contributed by atoms with Gasteiger partial charge < -0.3 is 4.74 Å². The number of aliphatic imine (C=N–C) groups is 2. The summed E-state index contributed by atoms with van der Waals surface area (Å²) in [7, 11) is -10.0. The van der Waals surface area contributed by atoms with Gasteiger partial charge in [-0.25, -0.2) is 8.37 Å². The predicted octanol–water partition coefficient (Wildman–Crippen LogP) is 3.28. The van der Waals surface area contributed by atoms with Gasteiger partial charge in [0.2, 0.25) is 0 Å². The minimum absolute atomic E-state index is 0.190. The molecular formula is C17H14N2O9S4. The minimum Gasteiger partial charge on any atom is -0.483 e. The highest BCUT2D eigenvalue weighted by Gasteiger charge is 2.32. The van der Waals surface area contributed by atoms with Crippen molar-refractivity contribution in [1.82, 2.24) is 0 Å². The Morgan fingerprint density at radius 2 is 1.34 bits per heavy atom. The summed E-state index contributed by atoms with van der Waals surface area (Å²) in [5, 5.41) is 4.38. The quantitative estimate of drug-likeness (QED) is 0.255. The average molecular weight is 519 g/mol. The number of ether oxygens (including phenoxy) is 1. The van der Waals surface area contributed by atoms with E-state index in [0.717, 1.165) is 0 Å². The van der Waals surface area contributed by atoms with E-state index in [1.165, 1.54) is 48.5 Å². The molecule has 0 aliphatic heterocycles. The van der Waals surface area contributed by atoms with E-state index >= 15 is 0 Å².